The number of rotatable bonds is 5. The van der Waals surface area contributed by atoms with Crippen molar-refractivity contribution in [2.75, 3.05) is 19.7 Å². The van der Waals surface area contributed by atoms with Crippen LogP contribution in [0.5, 0.6) is 5.75 Å². The molecule has 1 fully saturated rings. The summed E-state index contributed by atoms with van der Waals surface area (Å²) in [7, 11) is 0. The van der Waals surface area contributed by atoms with Gasteiger partial charge < -0.3 is 14.2 Å². The van der Waals surface area contributed by atoms with E-state index in [9.17, 15) is 4.79 Å². The van der Waals surface area contributed by atoms with Crippen LogP contribution < -0.4 is 4.74 Å². The number of hydrogen-bond donors (Lipinski definition) is 0. The summed E-state index contributed by atoms with van der Waals surface area (Å²) in [6.45, 7) is 3.47. The van der Waals surface area contributed by atoms with E-state index in [-0.39, 0.29) is 11.8 Å². The van der Waals surface area contributed by atoms with E-state index in [2.05, 4.69) is 20.1 Å². The maximum Gasteiger partial charge on any atom is 0.257 e. The highest BCUT2D eigenvalue weighted by molar-refractivity contribution is 5.97. The maximum absolute atomic E-state index is 12.7. The highest BCUT2D eigenvalue weighted by atomic mass is 16.5. The molecule has 132 valence electrons. The molecule has 0 atom stereocenters. The highest BCUT2D eigenvalue weighted by Gasteiger charge is 2.36. The number of aromatic nitrogens is 4. The normalized spacial score (nSPS) is 14.1. The van der Waals surface area contributed by atoms with Gasteiger partial charge in [-0.1, -0.05) is 17.3 Å². The van der Waals surface area contributed by atoms with Gasteiger partial charge in [-0.3, -0.25) is 9.78 Å². The zero-order chi connectivity index (χ0) is 17.9. The molecule has 0 saturated carbocycles. The molecule has 0 aliphatic carbocycles. The summed E-state index contributed by atoms with van der Waals surface area (Å²) >= 11 is 0. The second-order valence-corrected chi connectivity index (χ2v) is 5.88. The molecular formula is C18H17N5O3. The minimum Gasteiger partial charge on any atom is -0.493 e. The molecule has 1 saturated heterocycles. The van der Waals surface area contributed by atoms with Crippen molar-refractivity contribution in [3.63, 3.8) is 0 Å². The molecule has 8 nitrogen and oxygen atoms in total. The Labute approximate surface area is 149 Å². The first kappa shape index (κ1) is 16.2. The molecule has 3 heterocycles. The molecule has 0 N–H and O–H groups in total. The van der Waals surface area contributed by atoms with Crippen LogP contribution in [-0.4, -0.2) is 50.6 Å². The van der Waals surface area contributed by atoms with Crippen molar-refractivity contribution < 1.29 is 14.1 Å². The first-order valence-electron chi connectivity index (χ1n) is 8.37. The molecule has 1 aromatic carbocycles. The second-order valence-electron chi connectivity index (χ2n) is 5.88. The summed E-state index contributed by atoms with van der Waals surface area (Å²) in [4.78, 5) is 26.9. The number of benzene rings is 1. The molecule has 4 rings (SSSR count). The lowest BCUT2D eigenvalue weighted by Gasteiger charge is -2.37. The van der Waals surface area contributed by atoms with Gasteiger partial charge in [0.25, 0.3) is 5.91 Å². The first-order valence-corrected chi connectivity index (χ1v) is 8.37. The smallest absolute Gasteiger partial charge is 0.257 e. The van der Waals surface area contributed by atoms with Gasteiger partial charge in [0, 0.05) is 25.5 Å². The van der Waals surface area contributed by atoms with Crippen LogP contribution >= 0.6 is 0 Å². The van der Waals surface area contributed by atoms with Gasteiger partial charge >= 0.3 is 0 Å². The van der Waals surface area contributed by atoms with Gasteiger partial charge in [-0.15, -0.1) is 0 Å². The van der Waals surface area contributed by atoms with E-state index >= 15 is 0 Å². The third-order valence-electron chi connectivity index (χ3n) is 4.17. The van der Waals surface area contributed by atoms with Crippen LogP contribution in [0, 0.1) is 0 Å². The molecular weight excluding hydrogens is 334 g/mol. The van der Waals surface area contributed by atoms with Crippen molar-refractivity contribution >= 4 is 5.91 Å². The predicted octanol–water partition coefficient (Wildman–Crippen LogP) is 2.16. The number of amides is 1. The molecule has 1 aliphatic heterocycles. The highest BCUT2D eigenvalue weighted by Crippen LogP contribution is 2.30. The van der Waals surface area contributed by atoms with E-state index in [0.29, 0.717) is 48.4 Å². The number of likely N-dealkylation sites (tertiary alicyclic amines) is 1. The van der Waals surface area contributed by atoms with Crippen LogP contribution in [0.4, 0.5) is 0 Å². The van der Waals surface area contributed by atoms with Gasteiger partial charge in [-0.2, -0.15) is 4.98 Å². The average Bonchev–Trinajstić information content (AvgIpc) is 3.11. The number of carbonyl (C=O) groups excluding carboxylic acids is 1. The SMILES string of the molecule is CCOc1ccccc1C(=O)N1CC(c2nc(-c3cnccn3)no2)C1. The van der Waals surface area contributed by atoms with Crippen molar-refractivity contribution in [1.29, 1.82) is 0 Å². The molecule has 0 bridgehead atoms. The largest absolute Gasteiger partial charge is 0.493 e. The fourth-order valence-corrected chi connectivity index (χ4v) is 2.82. The van der Waals surface area contributed by atoms with E-state index in [1.54, 1.807) is 35.6 Å². The quantitative estimate of drug-likeness (QED) is 0.695. The summed E-state index contributed by atoms with van der Waals surface area (Å²) in [5, 5.41) is 3.94. The monoisotopic (exact) mass is 351 g/mol. The van der Waals surface area contributed by atoms with Crippen molar-refractivity contribution in [2.45, 2.75) is 12.8 Å². The summed E-state index contributed by atoms with van der Waals surface area (Å²) in [5.41, 5.74) is 1.12. The standard InChI is InChI=1S/C18H17N5O3/c1-2-25-15-6-4-3-5-13(15)18(24)23-10-12(11-23)17-21-16(22-26-17)14-9-19-7-8-20-14/h3-9,12H,2,10-11H2,1H3. The third kappa shape index (κ3) is 3.01. The Hall–Kier alpha value is -3.29. The van der Waals surface area contributed by atoms with Gasteiger partial charge in [0.15, 0.2) is 0 Å². The van der Waals surface area contributed by atoms with Gasteiger partial charge in [-0.25, -0.2) is 4.98 Å². The summed E-state index contributed by atoms with van der Waals surface area (Å²) in [5.74, 6) is 1.48. The van der Waals surface area contributed by atoms with E-state index in [1.807, 2.05) is 19.1 Å². The number of hydrogen-bond acceptors (Lipinski definition) is 7. The van der Waals surface area contributed by atoms with Crippen molar-refractivity contribution in [2.24, 2.45) is 0 Å². The number of ether oxygens (including phenoxy) is 1. The Kier molecular flexibility index (Phi) is 4.30. The second kappa shape index (κ2) is 6.91. The van der Waals surface area contributed by atoms with E-state index < -0.39 is 0 Å². The maximum atomic E-state index is 12.7. The van der Waals surface area contributed by atoms with E-state index in [0.717, 1.165) is 0 Å². The van der Waals surface area contributed by atoms with Crippen molar-refractivity contribution in [3.8, 4) is 17.3 Å². The summed E-state index contributed by atoms with van der Waals surface area (Å²) in [6, 6.07) is 7.27. The van der Waals surface area contributed by atoms with Crippen molar-refractivity contribution in [1.82, 2.24) is 25.0 Å². The molecule has 8 heteroatoms. The van der Waals surface area contributed by atoms with Crippen LogP contribution in [0.15, 0.2) is 47.4 Å². The van der Waals surface area contributed by atoms with Crippen molar-refractivity contribution in [3.05, 3.63) is 54.3 Å². The molecule has 0 spiro atoms. The summed E-state index contributed by atoms with van der Waals surface area (Å²) < 4.78 is 10.9. The minimum absolute atomic E-state index is 0.0242. The Balaban J connectivity index is 1.43. The lowest BCUT2D eigenvalue weighted by molar-refractivity contribution is 0.0565. The zero-order valence-corrected chi connectivity index (χ0v) is 14.2. The number of nitrogens with zero attached hydrogens (tertiary/aromatic N) is 5. The van der Waals surface area contributed by atoms with Crippen LogP contribution in [-0.2, 0) is 0 Å². The molecule has 0 unspecified atom stereocenters. The lowest BCUT2D eigenvalue weighted by atomic mass is 9.98. The van der Waals surface area contributed by atoms with Crippen LogP contribution in [0.25, 0.3) is 11.5 Å². The van der Waals surface area contributed by atoms with Gasteiger partial charge in [0.2, 0.25) is 11.7 Å². The molecule has 26 heavy (non-hydrogen) atoms. The average molecular weight is 351 g/mol. The van der Waals surface area contributed by atoms with Gasteiger partial charge in [0.05, 0.1) is 24.3 Å². The Morgan fingerprint density at radius 2 is 2.15 bits per heavy atom. The molecule has 1 aliphatic rings. The van der Waals surface area contributed by atoms with Crippen LogP contribution in [0.3, 0.4) is 0 Å². The Morgan fingerprint density at radius 3 is 2.92 bits per heavy atom. The van der Waals surface area contributed by atoms with Gasteiger partial charge in [-0.05, 0) is 19.1 Å². The predicted molar refractivity (Wildman–Crippen MR) is 91.6 cm³/mol. The summed E-state index contributed by atoms with van der Waals surface area (Å²) in [6.07, 6.45) is 4.74. The van der Waals surface area contributed by atoms with E-state index in [4.69, 9.17) is 9.26 Å². The fraction of sp³-hybridized carbons (Fsp3) is 0.278. The minimum atomic E-state index is -0.0565. The molecule has 1 amide bonds. The molecule has 0 radical (unpaired) electrons. The lowest BCUT2D eigenvalue weighted by Crippen LogP contribution is -2.48. The number of carbonyl (C=O) groups is 1. The number of para-hydroxylation sites is 1. The first-order chi connectivity index (χ1) is 12.8. The Bertz CT molecular complexity index is 906. The topological polar surface area (TPSA) is 94.2 Å². The van der Waals surface area contributed by atoms with E-state index in [1.165, 1.54) is 0 Å². The van der Waals surface area contributed by atoms with Crippen LogP contribution in [0.2, 0.25) is 0 Å². The molecule has 2 aromatic heterocycles. The molecule has 3 aromatic rings. The van der Waals surface area contributed by atoms with Gasteiger partial charge in [0.1, 0.15) is 11.4 Å². The zero-order valence-electron chi connectivity index (χ0n) is 14.2. The van der Waals surface area contributed by atoms with Crippen LogP contribution in [0.1, 0.15) is 29.1 Å². The fourth-order valence-electron chi connectivity index (χ4n) is 2.82. The third-order valence-corrected chi connectivity index (χ3v) is 4.17. The Morgan fingerprint density at radius 1 is 1.31 bits per heavy atom.